The maximum absolute atomic E-state index is 11.3. The number of nitrogens with one attached hydrogen (secondary N) is 2. The van der Waals surface area contributed by atoms with Gasteiger partial charge in [0, 0.05) is 24.8 Å². The van der Waals surface area contributed by atoms with E-state index in [0.29, 0.717) is 12.5 Å². The van der Waals surface area contributed by atoms with Crippen molar-refractivity contribution in [1.82, 2.24) is 10.6 Å². The second-order valence-electron chi connectivity index (χ2n) is 2.98. The Kier molecular flexibility index (Phi) is 8.24. The Morgan fingerprint density at radius 3 is 2.69 bits per heavy atom. The summed E-state index contributed by atoms with van der Waals surface area (Å²) in [5, 5.41) is 5.96. The van der Waals surface area contributed by atoms with Crippen LogP contribution >= 0.6 is 11.8 Å². The van der Waals surface area contributed by atoms with E-state index in [1.165, 1.54) is 0 Å². The van der Waals surface area contributed by atoms with Crippen molar-refractivity contribution in [2.45, 2.75) is 25.8 Å². The lowest BCUT2D eigenvalue weighted by Crippen LogP contribution is -2.37. The van der Waals surface area contributed by atoms with Crippen molar-refractivity contribution < 1.29 is 4.79 Å². The number of thioether (sulfide) groups is 1. The molecule has 0 aromatic rings. The number of hydrogen-bond acceptors (Lipinski definition) is 3. The second kappa shape index (κ2) is 8.38. The lowest BCUT2D eigenvalue weighted by Gasteiger charge is -2.15. The molecule has 1 amide bonds. The van der Waals surface area contributed by atoms with Crippen LogP contribution < -0.4 is 10.6 Å². The zero-order chi connectivity index (χ0) is 10.1. The van der Waals surface area contributed by atoms with Crippen LogP contribution in [-0.4, -0.2) is 37.6 Å². The summed E-state index contributed by atoms with van der Waals surface area (Å²) in [5.41, 5.74) is 0. The summed E-state index contributed by atoms with van der Waals surface area (Å²) in [6.07, 6.45) is 3.63. The molecule has 0 spiro atoms. The Labute approximate surface area is 85.0 Å². The van der Waals surface area contributed by atoms with Crippen LogP contribution in [0.25, 0.3) is 0 Å². The number of carbonyl (C=O) groups is 1. The monoisotopic (exact) mass is 204 g/mol. The van der Waals surface area contributed by atoms with Gasteiger partial charge < -0.3 is 10.6 Å². The Morgan fingerprint density at radius 2 is 2.23 bits per heavy atom. The molecule has 4 heteroatoms. The van der Waals surface area contributed by atoms with Gasteiger partial charge in [0.2, 0.25) is 5.91 Å². The molecule has 0 fully saturated rings. The average molecular weight is 204 g/mol. The fraction of sp³-hybridized carbons (Fsp3) is 0.889. The van der Waals surface area contributed by atoms with E-state index in [-0.39, 0.29) is 5.91 Å². The minimum atomic E-state index is 0.148. The first-order valence-electron chi connectivity index (χ1n) is 4.67. The van der Waals surface area contributed by atoms with E-state index >= 15 is 0 Å². The quantitative estimate of drug-likeness (QED) is 0.646. The molecule has 0 saturated heterocycles. The summed E-state index contributed by atoms with van der Waals surface area (Å²) < 4.78 is 0. The van der Waals surface area contributed by atoms with Gasteiger partial charge in [0.05, 0.1) is 0 Å². The van der Waals surface area contributed by atoms with Gasteiger partial charge >= 0.3 is 0 Å². The van der Waals surface area contributed by atoms with E-state index in [4.69, 9.17) is 0 Å². The Bertz CT molecular complexity index is 142. The van der Waals surface area contributed by atoms with E-state index < -0.39 is 0 Å². The largest absolute Gasteiger partial charge is 0.353 e. The molecule has 1 atom stereocenters. The fourth-order valence-electron chi connectivity index (χ4n) is 1.00. The minimum Gasteiger partial charge on any atom is -0.353 e. The summed E-state index contributed by atoms with van der Waals surface area (Å²) in [7, 11) is 1.85. The predicted octanol–water partition coefficient (Wildman–Crippen LogP) is 0.854. The third-order valence-corrected chi connectivity index (χ3v) is 2.56. The highest BCUT2D eigenvalue weighted by atomic mass is 32.2. The van der Waals surface area contributed by atoms with Gasteiger partial charge in [-0.25, -0.2) is 0 Å². The molecule has 0 aromatic carbocycles. The highest BCUT2D eigenvalue weighted by Crippen LogP contribution is 2.00. The molecule has 0 radical (unpaired) electrons. The number of hydrogen-bond donors (Lipinski definition) is 2. The molecular formula is C9H20N2OS. The van der Waals surface area contributed by atoms with Crippen molar-refractivity contribution >= 4 is 17.7 Å². The summed E-state index contributed by atoms with van der Waals surface area (Å²) in [6.45, 7) is 2.85. The topological polar surface area (TPSA) is 41.1 Å². The third kappa shape index (κ3) is 6.90. The smallest absolute Gasteiger partial charge is 0.221 e. The van der Waals surface area contributed by atoms with Crippen LogP contribution in [0.5, 0.6) is 0 Å². The van der Waals surface area contributed by atoms with Gasteiger partial charge in [-0.1, -0.05) is 6.92 Å². The molecule has 3 nitrogen and oxygen atoms in total. The standard InChI is InChI=1S/C9H20N2OS/c1-4-8(7-13-3)11-9(12)5-6-10-2/h8,10H,4-7H2,1-3H3,(H,11,12). The zero-order valence-corrected chi connectivity index (χ0v) is 9.54. The van der Waals surface area contributed by atoms with Crippen molar-refractivity contribution in [1.29, 1.82) is 0 Å². The van der Waals surface area contributed by atoms with Crippen LogP contribution in [0, 0.1) is 0 Å². The molecule has 0 aliphatic rings. The van der Waals surface area contributed by atoms with Crippen LogP contribution in [0.2, 0.25) is 0 Å². The highest BCUT2D eigenvalue weighted by molar-refractivity contribution is 7.98. The first-order valence-corrected chi connectivity index (χ1v) is 6.06. The van der Waals surface area contributed by atoms with E-state index in [1.54, 1.807) is 11.8 Å². The molecular weight excluding hydrogens is 184 g/mol. The van der Waals surface area contributed by atoms with Gasteiger partial charge in [0.15, 0.2) is 0 Å². The lowest BCUT2D eigenvalue weighted by molar-refractivity contribution is -0.121. The second-order valence-corrected chi connectivity index (χ2v) is 3.89. The summed E-state index contributed by atoms with van der Waals surface area (Å²) in [6, 6.07) is 0.333. The van der Waals surface area contributed by atoms with Crippen molar-refractivity contribution in [3.05, 3.63) is 0 Å². The molecule has 0 aliphatic carbocycles. The van der Waals surface area contributed by atoms with E-state index in [0.717, 1.165) is 18.7 Å². The van der Waals surface area contributed by atoms with Crippen LogP contribution in [0.4, 0.5) is 0 Å². The van der Waals surface area contributed by atoms with Crippen LogP contribution in [-0.2, 0) is 4.79 Å². The van der Waals surface area contributed by atoms with Crippen molar-refractivity contribution in [3.63, 3.8) is 0 Å². The van der Waals surface area contributed by atoms with E-state index in [1.807, 2.05) is 7.05 Å². The molecule has 0 saturated carbocycles. The summed E-state index contributed by atoms with van der Waals surface area (Å²) >= 11 is 1.77. The SMILES string of the molecule is CCC(CSC)NC(=O)CCNC. The van der Waals surface area contributed by atoms with Crippen LogP contribution in [0.15, 0.2) is 0 Å². The molecule has 2 N–H and O–H groups in total. The first kappa shape index (κ1) is 12.8. The first-order chi connectivity index (χ1) is 6.24. The Morgan fingerprint density at radius 1 is 1.54 bits per heavy atom. The molecule has 1 unspecified atom stereocenters. The molecule has 0 aliphatic heterocycles. The Balaban J connectivity index is 3.60. The van der Waals surface area contributed by atoms with Gasteiger partial charge in [0.25, 0.3) is 0 Å². The van der Waals surface area contributed by atoms with Gasteiger partial charge in [-0.2, -0.15) is 11.8 Å². The van der Waals surface area contributed by atoms with E-state index in [2.05, 4.69) is 23.8 Å². The fourth-order valence-corrected chi connectivity index (χ4v) is 1.72. The van der Waals surface area contributed by atoms with Gasteiger partial charge in [-0.15, -0.1) is 0 Å². The summed E-state index contributed by atoms with van der Waals surface area (Å²) in [5.74, 6) is 1.15. The number of amides is 1. The predicted molar refractivity (Wildman–Crippen MR) is 59.1 cm³/mol. The van der Waals surface area contributed by atoms with Crippen molar-refractivity contribution in [2.24, 2.45) is 0 Å². The number of carbonyl (C=O) groups excluding carboxylic acids is 1. The molecule has 78 valence electrons. The molecule has 0 aromatic heterocycles. The van der Waals surface area contributed by atoms with Gasteiger partial charge in [-0.05, 0) is 19.7 Å². The highest BCUT2D eigenvalue weighted by Gasteiger charge is 2.08. The molecule has 0 bridgehead atoms. The Hall–Kier alpha value is -0.220. The van der Waals surface area contributed by atoms with Crippen LogP contribution in [0.1, 0.15) is 19.8 Å². The maximum Gasteiger partial charge on any atom is 0.221 e. The van der Waals surface area contributed by atoms with Crippen molar-refractivity contribution in [2.75, 3.05) is 25.6 Å². The lowest BCUT2D eigenvalue weighted by atomic mass is 10.2. The number of rotatable bonds is 7. The average Bonchev–Trinajstić information content (AvgIpc) is 2.14. The molecule has 0 heterocycles. The van der Waals surface area contributed by atoms with Crippen molar-refractivity contribution in [3.8, 4) is 0 Å². The van der Waals surface area contributed by atoms with E-state index in [9.17, 15) is 4.79 Å². The van der Waals surface area contributed by atoms with Crippen LogP contribution in [0.3, 0.4) is 0 Å². The minimum absolute atomic E-state index is 0.148. The maximum atomic E-state index is 11.3. The van der Waals surface area contributed by atoms with Gasteiger partial charge in [-0.3, -0.25) is 4.79 Å². The zero-order valence-electron chi connectivity index (χ0n) is 8.72. The normalized spacial score (nSPS) is 12.5. The third-order valence-electron chi connectivity index (χ3n) is 1.83. The summed E-state index contributed by atoms with van der Waals surface area (Å²) in [4.78, 5) is 11.3. The molecule has 0 rings (SSSR count). The van der Waals surface area contributed by atoms with Gasteiger partial charge in [0.1, 0.15) is 0 Å². The molecule has 13 heavy (non-hydrogen) atoms.